The normalized spacial score (nSPS) is 15.8. The molecule has 0 aromatic carbocycles. The van der Waals surface area contributed by atoms with E-state index >= 15 is 0 Å². The molecule has 6 nitrogen and oxygen atoms in total. The van der Waals surface area contributed by atoms with Crippen LogP contribution in [0.15, 0.2) is 6.20 Å². The van der Waals surface area contributed by atoms with Gasteiger partial charge in [0.25, 0.3) is 0 Å². The summed E-state index contributed by atoms with van der Waals surface area (Å²) in [5.41, 5.74) is 6.61. The van der Waals surface area contributed by atoms with Gasteiger partial charge in [-0.15, -0.1) is 5.10 Å². The van der Waals surface area contributed by atoms with Gasteiger partial charge in [-0.3, -0.25) is 4.79 Å². The monoisotopic (exact) mass is 267 g/mol. The number of carbonyl (C=O) groups excluding carboxylic acids is 1. The van der Waals surface area contributed by atoms with Gasteiger partial charge in [0.2, 0.25) is 5.91 Å². The van der Waals surface area contributed by atoms with Crippen LogP contribution in [0.5, 0.6) is 0 Å². The molecule has 0 fully saturated rings. The predicted octanol–water partition coefficient (Wildman–Crippen LogP) is 1.55. The molecule has 0 saturated heterocycles. The van der Waals surface area contributed by atoms with Crippen LogP contribution < -0.4 is 11.1 Å². The Balaban J connectivity index is 2.64. The molecular weight excluding hydrogens is 242 g/mol. The van der Waals surface area contributed by atoms with Crippen LogP contribution in [0.3, 0.4) is 0 Å². The number of nitrogens with one attached hydrogen (secondary N) is 1. The average Bonchev–Trinajstić information content (AvgIpc) is 2.86. The first kappa shape index (κ1) is 15.6. The van der Waals surface area contributed by atoms with Gasteiger partial charge in [-0.1, -0.05) is 25.5 Å². The largest absolute Gasteiger partial charge is 0.352 e. The summed E-state index contributed by atoms with van der Waals surface area (Å²) in [4.78, 5) is 12.0. The van der Waals surface area contributed by atoms with E-state index in [0.717, 1.165) is 25.0 Å². The lowest BCUT2D eigenvalue weighted by atomic mass is 10.2. The van der Waals surface area contributed by atoms with Crippen LogP contribution in [0.1, 0.15) is 64.7 Å². The molecule has 1 heterocycles. The van der Waals surface area contributed by atoms with Crippen molar-refractivity contribution in [2.24, 2.45) is 5.73 Å². The van der Waals surface area contributed by atoms with Gasteiger partial charge in [0.05, 0.1) is 17.9 Å². The minimum atomic E-state index is -0.371. The molecule has 1 aromatic rings. The topological polar surface area (TPSA) is 85.8 Å². The Morgan fingerprint density at radius 3 is 2.74 bits per heavy atom. The molecule has 0 bridgehead atoms. The highest BCUT2D eigenvalue weighted by Crippen LogP contribution is 2.12. The van der Waals surface area contributed by atoms with Gasteiger partial charge < -0.3 is 11.1 Å². The van der Waals surface area contributed by atoms with E-state index in [0.29, 0.717) is 0 Å². The number of hydrogen-bond donors (Lipinski definition) is 2. The summed E-state index contributed by atoms with van der Waals surface area (Å²) in [7, 11) is 0. The second-order valence-corrected chi connectivity index (χ2v) is 5.01. The van der Waals surface area contributed by atoms with Gasteiger partial charge in [0.1, 0.15) is 6.04 Å². The van der Waals surface area contributed by atoms with Crippen LogP contribution in [0.25, 0.3) is 0 Å². The van der Waals surface area contributed by atoms with E-state index in [1.54, 1.807) is 10.9 Å². The standard InChI is InChI=1S/C13H25N5O/c1-5-7-9(3)15-13(19)10(4)18-8-12(16-17-18)11(14)6-2/h8-11H,5-7,14H2,1-4H3,(H,15,19). The molecule has 3 N–H and O–H groups in total. The van der Waals surface area contributed by atoms with Crippen molar-refractivity contribution in [1.82, 2.24) is 20.3 Å². The highest BCUT2D eigenvalue weighted by molar-refractivity contribution is 5.79. The van der Waals surface area contributed by atoms with Crippen molar-refractivity contribution in [3.05, 3.63) is 11.9 Å². The Morgan fingerprint density at radius 2 is 2.16 bits per heavy atom. The summed E-state index contributed by atoms with van der Waals surface area (Å²) < 4.78 is 1.57. The quantitative estimate of drug-likeness (QED) is 0.785. The van der Waals surface area contributed by atoms with Gasteiger partial charge in [-0.2, -0.15) is 0 Å². The molecule has 3 atom stereocenters. The summed E-state index contributed by atoms with van der Waals surface area (Å²) in [5, 5.41) is 11.0. The van der Waals surface area contributed by atoms with Gasteiger partial charge >= 0.3 is 0 Å². The van der Waals surface area contributed by atoms with E-state index in [9.17, 15) is 4.79 Å². The summed E-state index contributed by atoms with van der Waals surface area (Å²) in [6.07, 6.45) is 4.58. The maximum absolute atomic E-state index is 12.0. The predicted molar refractivity (Wildman–Crippen MR) is 74.5 cm³/mol. The molecule has 0 aliphatic heterocycles. The first-order chi connectivity index (χ1) is 8.99. The van der Waals surface area contributed by atoms with Crippen LogP contribution in [0.4, 0.5) is 0 Å². The smallest absolute Gasteiger partial charge is 0.244 e. The van der Waals surface area contributed by atoms with Crippen molar-refractivity contribution < 1.29 is 4.79 Å². The van der Waals surface area contributed by atoms with E-state index in [1.807, 2.05) is 20.8 Å². The second kappa shape index (κ2) is 7.23. The third-order valence-electron chi connectivity index (χ3n) is 3.23. The molecule has 6 heteroatoms. The molecule has 19 heavy (non-hydrogen) atoms. The fraction of sp³-hybridized carbons (Fsp3) is 0.769. The number of nitrogens with zero attached hydrogens (tertiary/aromatic N) is 3. The molecule has 3 unspecified atom stereocenters. The van der Waals surface area contributed by atoms with Gasteiger partial charge in [-0.05, 0) is 26.7 Å². The van der Waals surface area contributed by atoms with Gasteiger partial charge in [0.15, 0.2) is 0 Å². The summed E-state index contributed by atoms with van der Waals surface area (Å²) in [6, 6.07) is -0.312. The Morgan fingerprint density at radius 1 is 1.47 bits per heavy atom. The van der Waals surface area contributed by atoms with Crippen LogP contribution in [0.2, 0.25) is 0 Å². The van der Waals surface area contributed by atoms with Crippen LogP contribution in [-0.4, -0.2) is 26.9 Å². The van der Waals surface area contributed by atoms with Crippen LogP contribution in [0, 0.1) is 0 Å². The van der Waals surface area contributed by atoms with Crippen molar-refractivity contribution >= 4 is 5.91 Å². The van der Waals surface area contributed by atoms with E-state index in [1.165, 1.54) is 0 Å². The zero-order valence-corrected chi connectivity index (χ0v) is 12.3. The minimum absolute atomic E-state index is 0.0394. The van der Waals surface area contributed by atoms with Crippen molar-refractivity contribution in [1.29, 1.82) is 0 Å². The highest BCUT2D eigenvalue weighted by Gasteiger charge is 2.19. The number of rotatable bonds is 7. The first-order valence-electron chi connectivity index (χ1n) is 6.97. The summed E-state index contributed by atoms with van der Waals surface area (Å²) in [5.74, 6) is -0.0394. The van der Waals surface area contributed by atoms with E-state index < -0.39 is 0 Å². The Hall–Kier alpha value is -1.43. The highest BCUT2D eigenvalue weighted by atomic mass is 16.2. The lowest BCUT2D eigenvalue weighted by Gasteiger charge is -2.16. The van der Waals surface area contributed by atoms with Crippen molar-refractivity contribution in [3.8, 4) is 0 Å². The van der Waals surface area contributed by atoms with Crippen molar-refractivity contribution in [3.63, 3.8) is 0 Å². The summed E-state index contributed by atoms with van der Waals surface area (Å²) >= 11 is 0. The van der Waals surface area contributed by atoms with Crippen LogP contribution >= 0.6 is 0 Å². The molecule has 0 aliphatic carbocycles. The molecule has 1 aromatic heterocycles. The maximum Gasteiger partial charge on any atom is 0.244 e. The van der Waals surface area contributed by atoms with Crippen molar-refractivity contribution in [2.45, 2.75) is 65.1 Å². The van der Waals surface area contributed by atoms with Crippen LogP contribution in [-0.2, 0) is 4.79 Å². The maximum atomic E-state index is 12.0. The number of carbonyl (C=O) groups is 1. The number of aromatic nitrogens is 3. The second-order valence-electron chi connectivity index (χ2n) is 5.01. The minimum Gasteiger partial charge on any atom is -0.352 e. The lowest BCUT2D eigenvalue weighted by Crippen LogP contribution is -2.37. The first-order valence-corrected chi connectivity index (χ1v) is 6.97. The molecule has 0 spiro atoms. The Kier molecular flexibility index (Phi) is 5.95. The third kappa shape index (κ3) is 4.31. The lowest BCUT2D eigenvalue weighted by molar-refractivity contribution is -0.124. The zero-order chi connectivity index (χ0) is 14.4. The molecule has 0 aliphatic rings. The molecule has 1 rings (SSSR count). The molecular formula is C13H25N5O. The van der Waals surface area contributed by atoms with E-state index in [4.69, 9.17) is 5.73 Å². The van der Waals surface area contributed by atoms with E-state index in [2.05, 4.69) is 22.6 Å². The average molecular weight is 267 g/mol. The van der Waals surface area contributed by atoms with Gasteiger partial charge in [0, 0.05) is 6.04 Å². The Labute approximate surface area is 114 Å². The Bertz CT molecular complexity index is 403. The van der Waals surface area contributed by atoms with Crippen molar-refractivity contribution in [2.75, 3.05) is 0 Å². The molecule has 1 amide bonds. The fourth-order valence-electron chi connectivity index (χ4n) is 1.85. The fourth-order valence-corrected chi connectivity index (χ4v) is 1.85. The SMILES string of the molecule is CCCC(C)NC(=O)C(C)n1cc(C(N)CC)nn1. The molecule has 0 radical (unpaired) electrons. The summed E-state index contributed by atoms with van der Waals surface area (Å²) in [6.45, 7) is 7.91. The molecule has 108 valence electrons. The van der Waals surface area contributed by atoms with Gasteiger partial charge in [-0.25, -0.2) is 4.68 Å². The number of nitrogens with two attached hydrogens (primary N) is 1. The third-order valence-corrected chi connectivity index (χ3v) is 3.23. The number of amides is 1. The zero-order valence-electron chi connectivity index (χ0n) is 12.3. The van der Waals surface area contributed by atoms with E-state index in [-0.39, 0.29) is 24.0 Å². The number of hydrogen-bond acceptors (Lipinski definition) is 4. The molecule has 0 saturated carbocycles.